The van der Waals surface area contributed by atoms with Crippen LogP contribution >= 0.6 is 0 Å². The molecule has 0 saturated carbocycles. The van der Waals surface area contributed by atoms with E-state index in [9.17, 15) is 10.2 Å². The van der Waals surface area contributed by atoms with Gasteiger partial charge in [-0.25, -0.2) is 0 Å². The number of benzene rings is 5. The van der Waals surface area contributed by atoms with Crippen LogP contribution in [0.5, 0.6) is 11.5 Å². The second-order valence-corrected chi connectivity index (χ2v) is 9.93. The quantitative estimate of drug-likeness (QED) is 0.300. The van der Waals surface area contributed by atoms with E-state index < -0.39 is 23.4 Å². The van der Waals surface area contributed by atoms with E-state index in [2.05, 4.69) is 0 Å². The third-order valence-corrected chi connectivity index (χ3v) is 7.78. The zero-order valence-electron chi connectivity index (χ0n) is 20.6. The number of ether oxygens (including phenoxy) is 2. The van der Waals surface area contributed by atoms with Gasteiger partial charge in [-0.05, 0) is 28.3 Å². The van der Waals surface area contributed by atoms with Gasteiger partial charge in [-0.3, -0.25) is 0 Å². The summed E-state index contributed by atoms with van der Waals surface area (Å²) in [5.41, 5.74) is 1.40. The summed E-state index contributed by atoms with van der Waals surface area (Å²) in [4.78, 5) is 0. The highest BCUT2D eigenvalue weighted by Crippen LogP contribution is 2.59. The van der Waals surface area contributed by atoms with Gasteiger partial charge < -0.3 is 19.7 Å². The fourth-order valence-corrected chi connectivity index (χ4v) is 5.93. The molecule has 0 bridgehead atoms. The predicted octanol–water partition coefficient (Wildman–Crippen LogP) is 6.43. The first-order valence-electron chi connectivity index (χ1n) is 12.8. The molecule has 5 aromatic rings. The highest BCUT2D eigenvalue weighted by atomic mass is 16.5. The molecule has 38 heavy (non-hydrogen) atoms. The standard InChI is InChI=1S/C34H26O4/c35-33(25-17-9-3-10-18-25)27-21-28-30(22-29(27)37-31(33)23-13-5-1-6-14-23)38-32(24-15-7-2-8-16-24)34(28,36)26-19-11-4-12-20-26/h1-22,31-32,35-36H. The minimum atomic E-state index is -1.48. The Kier molecular flexibility index (Phi) is 5.15. The number of fused-ring (bicyclic) bond motifs is 2. The molecule has 0 radical (unpaired) electrons. The summed E-state index contributed by atoms with van der Waals surface area (Å²) in [6.45, 7) is 0. The van der Waals surface area contributed by atoms with Crippen molar-refractivity contribution in [3.63, 3.8) is 0 Å². The van der Waals surface area contributed by atoms with Crippen molar-refractivity contribution in [1.82, 2.24) is 0 Å². The summed E-state index contributed by atoms with van der Waals surface area (Å²) in [7, 11) is 0. The monoisotopic (exact) mass is 498 g/mol. The minimum Gasteiger partial charge on any atom is -0.481 e. The summed E-state index contributed by atoms with van der Waals surface area (Å²) in [5, 5.41) is 25.1. The van der Waals surface area contributed by atoms with E-state index in [4.69, 9.17) is 9.47 Å². The second-order valence-electron chi connectivity index (χ2n) is 9.93. The maximum Gasteiger partial charge on any atom is 0.161 e. The van der Waals surface area contributed by atoms with Gasteiger partial charge in [0, 0.05) is 17.2 Å². The van der Waals surface area contributed by atoms with E-state index in [0.717, 1.165) is 11.1 Å². The summed E-state index contributed by atoms with van der Waals surface area (Å²) in [6, 6.07) is 42.3. The first-order valence-corrected chi connectivity index (χ1v) is 12.8. The number of hydrogen-bond donors (Lipinski definition) is 2. The average molecular weight is 499 g/mol. The number of aliphatic hydroxyl groups is 2. The fraction of sp³-hybridized carbons (Fsp3) is 0.118. The van der Waals surface area contributed by atoms with Crippen LogP contribution in [0.2, 0.25) is 0 Å². The molecule has 0 fully saturated rings. The highest BCUT2D eigenvalue weighted by molar-refractivity contribution is 5.62. The van der Waals surface area contributed by atoms with Crippen LogP contribution < -0.4 is 9.47 Å². The Morgan fingerprint density at radius 2 is 0.789 bits per heavy atom. The van der Waals surface area contributed by atoms with E-state index >= 15 is 0 Å². The van der Waals surface area contributed by atoms with Crippen molar-refractivity contribution >= 4 is 0 Å². The lowest BCUT2D eigenvalue weighted by molar-refractivity contribution is -0.0118. The van der Waals surface area contributed by atoms with Crippen LogP contribution in [0.1, 0.15) is 45.6 Å². The van der Waals surface area contributed by atoms with Crippen LogP contribution in [-0.2, 0) is 11.2 Å². The minimum absolute atomic E-state index is 0.535. The SMILES string of the molecule is OC1(c2ccccc2)c2cc3c(cc2OC1c1ccccc1)OC(c1ccccc1)C3(O)c1ccccc1. The third kappa shape index (κ3) is 3.24. The van der Waals surface area contributed by atoms with Crippen molar-refractivity contribution in [2.45, 2.75) is 23.4 Å². The molecule has 7 rings (SSSR count). The van der Waals surface area contributed by atoms with Crippen LogP contribution in [-0.4, -0.2) is 10.2 Å². The molecule has 4 nitrogen and oxygen atoms in total. The normalized spacial score (nSPS) is 25.2. The highest BCUT2D eigenvalue weighted by Gasteiger charge is 2.55. The van der Waals surface area contributed by atoms with Gasteiger partial charge in [-0.1, -0.05) is 121 Å². The van der Waals surface area contributed by atoms with Crippen molar-refractivity contribution in [2.75, 3.05) is 0 Å². The van der Waals surface area contributed by atoms with Gasteiger partial charge in [0.05, 0.1) is 0 Å². The molecule has 186 valence electrons. The smallest absolute Gasteiger partial charge is 0.161 e. The first kappa shape index (κ1) is 22.8. The van der Waals surface area contributed by atoms with E-state index in [1.54, 1.807) is 0 Å². The molecule has 0 aliphatic carbocycles. The van der Waals surface area contributed by atoms with Crippen molar-refractivity contribution in [3.05, 3.63) is 167 Å². The molecule has 2 N–H and O–H groups in total. The lowest BCUT2D eigenvalue weighted by Crippen LogP contribution is -2.34. The molecule has 4 atom stereocenters. The number of hydrogen-bond acceptors (Lipinski definition) is 4. The van der Waals surface area contributed by atoms with Crippen molar-refractivity contribution in [2.24, 2.45) is 0 Å². The molecule has 0 aromatic heterocycles. The van der Waals surface area contributed by atoms with Crippen LogP contribution in [0, 0.1) is 0 Å². The number of rotatable bonds is 4. The van der Waals surface area contributed by atoms with Crippen molar-refractivity contribution < 1.29 is 19.7 Å². The van der Waals surface area contributed by atoms with Gasteiger partial charge in [0.15, 0.2) is 23.4 Å². The maximum atomic E-state index is 12.5. The fourth-order valence-electron chi connectivity index (χ4n) is 5.93. The van der Waals surface area contributed by atoms with Crippen LogP contribution in [0.4, 0.5) is 0 Å². The van der Waals surface area contributed by atoms with Gasteiger partial charge in [0.1, 0.15) is 11.5 Å². The predicted molar refractivity (Wildman–Crippen MR) is 145 cm³/mol. The average Bonchev–Trinajstić information content (AvgIpc) is 3.46. The van der Waals surface area contributed by atoms with Crippen LogP contribution in [0.25, 0.3) is 0 Å². The molecular weight excluding hydrogens is 472 g/mol. The van der Waals surface area contributed by atoms with E-state index in [0.29, 0.717) is 33.8 Å². The van der Waals surface area contributed by atoms with E-state index in [1.807, 2.05) is 133 Å². The second kappa shape index (κ2) is 8.59. The molecule has 0 amide bonds. The van der Waals surface area contributed by atoms with Crippen molar-refractivity contribution in [3.8, 4) is 11.5 Å². The Labute approximate surface area is 221 Å². The zero-order valence-corrected chi connectivity index (χ0v) is 20.6. The zero-order chi connectivity index (χ0) is 25.7. The summed E-state index contributed by atoms with van der Waals surface area (Å²) in [5.74, 6) is 1.07. The Morgan fingerprint density at radius 3 is 1.16 bits per heavy atom. The summed E-state index contributed by atoms with van der Waals surface area (Å²) in [6.07, 6.45) is -1.34. The molecule has 4 heteroatoms. The molecule has 2 heterocycles. The topological polar surface area (TPSA) is 58.9 Å². The van der Waals surface area contributed by atoms with Gasteiger partial charge in [0.25, 0.3) is 0 Å². The Hall–Kier alpha value is -4.38. The van der Waals surface area contributed by atoms with Gasteiger partial charge in [-0.2, -0.15) is 0 Å². The van der Waals surface area contributed by atoms with E-state index in [1.165, 1.54) is 0 Å². The third-order valence-electron chi connectivity index (χ3n) is 7.78. The van der Waals surface area contributed by atoms with Crippen LogP contribution in [0.15, 0.2) is 133 Å². The Morgan fingerprint density at radius 1 is 0.447 bits per heavy atom. The molecule has 4 unspecified atom stereocenters. The Balaban J connectivity index is 1.46. The Bertz CT molecular complexity index is 1470. The summed E-state index contributed by atoms with van der Waals surface area (Å²) < 4.78 is 13.0. The van der Waals surface area contributed by atoms with Gasteiger partial charge in [-0.15, -0.1) is 0 Å². The molecule has 2 aliphatic rings. The summed E-state index contributed by atoms with van der Waals surface area (Å²) >= 11 is 0. The molecule has 0 saturated heterocycles. The lowest BCUT2D eigenvalue weighted by atomic mass is 9.76. The van der Waals surface area contributed by atoms with Crippen LogP contribution in [0.3, 0.4) is 0 Å². The largest absolute Gasteiger partial charge is 0.481 e. The molecule has 2 aliphatic heterocycles. The maximum absolute atomic E-state index is 12.5. The lowest BCUT2D eigenvalue weighted by Gasteiger charge is -2.32. The van der Waals surface area contributed by atoms with Gasteiger partial charge >= 0.3 is 0 Å². The molecular formula is C34H26O4. The van der Waals surface area contributed by atoms with Crippen molar-refractivity contribution in [1.29, 1.82) is 0 Å². The van der Waals surface area contributed by atoms with Gasteiger partial charge in [0.2, 0.25) is 0 Å². The van der Waals surface area contributed by atoms with E-state index in [-0.39, 0.29) is 0 Å². The first-order chi connectivity index (χ1) is 18.6. The molecule has 5 aromatic carbocycles. The molecule has 0 spiro atoms.